The van der Waals surface area contributed by atoms with Gasteiger partial charge in [0.15, 0.2) is 5.82 Å². The molecule has 1 unspecified atom stereocenters. The van der Waals surface area contributed by atoms with Crippen molar-refractivity contribution in [1.82, 2.24) is 10.1 Å². The minimum atomic E-state index is -0.208. The third-order valence-corrected chi connectivity index (χ3v) is 2.04. The first-order chi connectivity index (χ1) is 7.42. The van der Waals surface area contributed by atoms with E-state index in [1.54, 1.807) is 0 Å². The van der Waals surface area contributed by atoms with E-state index in [0.29, 0.717) is 18.3 Å². The second-order valence-electron chi connectivity index (χ2n) is 4.84. The van der Waals surface area contributed by atoms with Crippen molar-refractivity contribution in [2.45, 2.75) is 58.8 Å². The molecule has 0 saturated carbocycles. The number of rotatable bonds is 5. The van der Waals surface area contributed by atoms with E-state index in [-0.39, 0.29) is 11.6 Å². The van der Waals surface area contributed by atoms with Crippen molar-refractivity contribution in [3.63, 3.8) is 0 Å². The Bertz CT molecular complexity index is 317. The summed E-state index contributed by atoms with van der Waals surface area (Å²) in [5.41, 5.74) is 5.67. The Labute approximate surface area is 96.4 Å². The van der Waals surface area contributed by atoms with Crippen LogP contribution in [0.1, 0.15) is 58.3 Å². The molecule has 1 aromatic heterocycles. The molecule has 1 heterocycles. The monoisotopic (exact) mass is 227 g/mol. The predicted octanol–water partition coefficient (Wildman–Crippen LogP) is 2.18. The molecule has 16 heavy (non-hydrogen) atoms. The van der Waals surface area contributed by atoms with Crippen molar-refractivity contribution in [1.29, 1.82) is 0 Å². The van der Waals surface area contributed by atoms with Crippen molar-refractivity contribution in [2.24, 2.45) is 5.73 Å². The van der Waals surface area contributed by atoms with Crippen LogP contribution in [-0.2, 0) is 11.3 Å². The van der Waals surface area contributed by atoms with E-state index in [1.807, 2.05) is 20.8 Å². The van der Waals surface area contributed by atoms with E-state index in [0.717, 1.165) is 12.8 Å². The first-order valence-corrected chi connectivity index (χ1v) is 5.64. The maximum absolute atomic E-state index is 5.87. The molecule has 5 heteroatoms. The molecule has 0 fully saturated rings. The molecule has 0 aliphatic heterocycles. The van der Waals surface area contributed by atoms with Gasteiger partial charge in [-0.15, -0.1) is 0 Å². The van der Waals surface area contributed by atoms with E-state index in [1.165, 1.54) is 0 Å². The maximum atomic E-state index is 5.87. The van der Waals surface area contributed by atoms with Crippen molar-refractivity contribution in [2.75, 3.05) is 0 Å². The molecule has 0 saturated heterocycles. The van der Waals surface area contributed by atoms with E-state index in [9.17, 15) is 0 Å². The van der Waals surface area contributed by atoms with Gasteiger partial charge in [-0.1, -0.05) is 18.5 Å². The average molecular weight is 227 g/mol. The van der Waals surface area contributed by atoms with Gasteiger partial charge in [0.1, 0.15) is 6.61 Å². The van der Waals surface area contributed by atoms with Crippen LogP contribution in [0.3, 0.4) is 0 Å². The zero-order valence-electron chi connectivity index (χ0n) is 10.5. The minimum Gasteiger partial charge on any atom is -0.366 e. The Morgan fingerprint density at radius 1 is 1.44 bits per heavy atom. The zero-order valence-corrected chi connectivity index (χ0v) is 10.5. The summed E-state index contributed by atoms with van der Waals surface area (Å²) < 4.78 is 10.6. The molecular formula is C11H21N3O2. The van der Waals surface area contributed by atoms with Gasteiger partial charge >= 0.3 is 0 Å². The third-order valence-electron chi connectivity index (χ3n) is 2.04. The van der Waals surface area contributed by atoms with Crippen LogP contribution < -0.4 is 5.73 Å². The number of ether oxygens (including phenoxy) is 1. The van der Waals surface area contributed by atoms with E-state index in [2.05, 4.69) is 17.1 Å². The zero-order chi connectivity index (χ0) is 12.2. The Morgan fingerprint density at radius 2 is 2.12 bits per heavy atom. The molecule has 0 radical (unpaired) electrons. The lowest BCUT2D eigenvalue weighted by Gasteiger charge is -2.17. The molecule has 92 valence electrons. The van der Waals surface area contributed by atoms with Crippen molar-refractivity contribution >= 4 is 0 Å². The van der Waals surface area contributed by atoms with E-state index in [4.69, 9.17) is 15.0 Å². The van der Waals surface area contributed by atoms with Crippen LogP contribution in [0.25, 0.3) is 0 Å². The van der Waals surface area contributed by atoms with Gasteiger partial charge < -0.3 is 15.0 Å². The topological polar surface area (TPSA) is 74.2 Å². The summed E-state index contributed by atoms with van der Waals surface area (Å²) in [6, 6.07) is -0.142. The van der Waals surface area contributed by atoms with Crippen LogP contribution in [0.2, 0.25) is 0 Å². The van der Waals surface area contributed by atoms with Gasteiger partial charge in [0.05, 0.1) is 11.6 Å². The summed E-state index contributed by atoms with van der Waals surface area (Å²) in [5, 5.41) is 3.84. The molecule has 0 aliphatic rings. The maximum Gasteiger partial charge on any atom is 0.252 e. The number of aromatic nitrogens is 2. The summed E-state index contributed by atoms with van der Waals surface area (Å²) in [5.74, 6) is 1.05. The number of nitrogens with zero attached hydrogens (tertiary/aromatic N) is 2. The van der Waals surface area contributed by atoms with Gasteiger partial charge in [-0.2, -0.15) is 4.98 Å². The van der Waals surface area contributed by atoms with Gasteiger partial charge in [0.2, 0.25) is 0 Å². The van der Waals surface area contributed by atoms with Crippen LogP contribution in [0.5, 0.6) is 0 Å². The van der Waals surface area contributed by atoms with Crippen molar-refractivity contribution in [3.8, 4) is 0 Å². The molecule has 1 rings (SSSR count). The largest absolute Gasteiger partial charge is 0.366 e. The van der Waals surface area contributed by atoms with E-state index >= 15 is 0 Å². The van der Waals surface area contributed by atoms with Crippen molar-refractivity contribution in [3.05, 3.63) is 11.7 Å². The van der Waals surface area contributed by atoms with Crippen molar-refractivity contribution < 1.29 is 9.26 Å². The highest BCUT2D eigenvalue weighted by Crippen LogP contribution is 2.14. The molecule has 0 spiro atoms. The summed E-state index contributed by atoms with van der Waals surface area (Å²) in [4.78, 5) is 4.20. The van der Waals surface area contributed by atoms with Gasteiger partial charge in [-0.25, -0.2) is 0 Å². The number of hydrogen-bond acceptors (Lipinski definition) is 5. The van der Waals surface area contributed by atoms with Crippen LogP contribution >= 0.6 is 0 Å². The highest BCUT2D eigenvalue weighted by molar-refractivity contribution is 4.92. The van der Waals surface area contributed by atoms with Gasteiger partial charge in [-0.3, -0.25) is 0 Å². The summed E-state index contributed by atoms with van der Waals surface area (Å²) >= 11 is 0. The fraction of sp³-hybridized carbons (Fsp3) is 0.818. The fourth-order valence-electron chi connectivity index (χ4n) is 1.20. The van der Waals surface area contributed by atoms with Crippen LogP contribution in [0, 0.1) is 0 Å². The smallest absolute Gasteiger partial charge is 0.252 e. The van der Waals surface area contributed by atoms with E-state index < -0.39 is 0 Å². The van der Waals surface area contributed by atoms with Crippen LogP contribution in [0.15, 0.2) is 4.52 Å². The predicted molar refractivity (Wildman–Crippen MR) is 60.7 cm³/mol. The van der Waals surface area contributed by atoms with Gasteiger partial charge in [-0.05, 0) is 27.2 Å². The Hall–Kier alpha value is -0.940. The normalized spacial score (nSPS) is 14.1. The first kappa shape index (κ1) is 13.1. The fourth-order valence-corrected chi connectivity index (χ4v) is 1.20. The lowest BCUT2D eigenvalue weighted by Crippen LogP contribution is -2.18. The number of hydrogen-bond donors (Lipinski definition) is 1. The van der Waals surface area contributed by atoms with Crippen LogP contribution in [-0.4, -0.2) is 15.7 Å². The second-order valence-corrected chi connectivity index (χ2v) is 4.84. The lowest BCUT2D eigenvalue weighted by molar-refractivity contribution is -0.0260. The minimum absolute atomic E-state index is 0.142. The Balaban J connectivity index is 2.51. The molecule has 0 aromatic carbocycles. The summed E-state index contributed by atoms with van der Waals surface area (Å²) in [6.07, 6.45) is 1.86. The Kier molecular flexibility index (Phi) is 4.44. The molecule has 2 N–H and O–H groups in total. The highest BCUT2D eigenvalue weighted by atomic mass is 16.5. The molecule has 0 bridgehead atoms. The molecule has 0 amide bonds. The quantitative estimate of drug-likeness (QED) is 0.834. The molecule has 5 nitrogen and oxygen atoms in total. The summed E-state index contributed by atoms with van der Waals surface area (Å²) in [6.45, 7) is 8.34. The molecule has 0 aliphatic carbocycles. The molecular weight excluding hydrogens is 206 g/mol. The summed E-state index contributed by atoms with van der Waals surface area (Å²) in [7, 11) is 0. The third kappa shape index (κ3) is 4.28. The Morgan fingerprint density at radius 3 is 2.69 bits per heavy atom. The second kappa shape index (κ2) is 5.41. The average Bonchev–Trinajstić information content (AvgIpc) is 2.62. The van der Waals surface area contributed by atoms with Gasteiger partial charge in [0.25, 0.3) is 5.89 Å². The van der Waals surface area contributed by atoms with Gasteiger partial charge in [0, 0.05) is 0 Å². The molecule has 1 atom stereocenters. The number of nitrogens with two attached hydrogens (primary N) is 1. The lowest BCUT2D eigenvalue weighted by atomic mass is 10.2. The standard InChI is InChI=1S/C11H21N3O2/c1-5-6-8(12)10-13-9(16-14-10)7-15-11(2,3)4/h8H,5-7,12H2,1-4H3. The first-order valence-electron chi connectivity index (χ1n) is 5.64. The molecule has 1 aromatic rings. The van der Waals surface area contributed by atoms with Crippen LogP contribution in [0.4, 0.5) is 0 Å². The SMILES string of the molecule is CCCC(N)c1noc(COC(C)(C)C)n1. The highest BCUT2D eigenvalue weighted by Gasteiger charge is 2.16.